The Bertz CT molecular complexity index is 1700. The van der Waals surface area contributed by atoms with E-state index in [4.69, 9.17) is 19.2 Å². The molecule has 1 aromatic heterocycles. The molecule has 1 aliphatic heterocycles. The summed E-state index contributed by atoms with van der Waals surface area (Å²) in [5, 5.41) is 17.0. The fourth-order valence-electron chi connectivity index (χ4n) is 5.17. The lowest BCUT2D eigenvalue weighted by Gasteiger charge is -2.22. The second-order valence-electron chi connectivity index (χ2n) is 9.76. The highest BCUT2D eigenvalue weighted by Crippen LogP contribution is 2.37. The first kappa shape index (κ1) is 26.0. The molecule has 40 heavy (non-hydrogen) atoms. The number of halogens is 1. The van der Waals surface area contributed by atoms with Crippen LogP contribution in [0.1, 0.15) is 55.0 Å². The number of hydrogen-bond acceptors (Lipinski definition) is 8. The molecule has 0 radical (unpaired) electrons. The minimum Gasteiger partial charge on any atom is -0.481 e. The molecule has 0 saturated heterocycles. The first-order valence-corrected chi connectivity index (χ1v) is 13.8. The second kappa shape index (κ2) is 11.1. The maximum atomic E-state index is 13.6. The normalized spacial score (nSPS) is 15.1. The minimum absolute atomic E-state index is 0.0376. The molecule has 11 heteroatoms. The van der Waals surface area contributed by atoms with E-state index in [-0.39, 0.29) is 36.3 Å². The molecular weight excluding hydrogens is 580 g/mol. The zero-order valence-electron chi connectivity index (χ0n) is 21.4. The van der Waals surface area contributed by atoms with E-state index in [0.717, 1.165) is 37.7 Å². The van der Waals surface area contributed by atoms with Crippen molar-refractivity contribution in [1.82, 2.24) is 9.66 Å². The van der Waals surface area contributed by atoms with E-state index in [9.17, 15) is 14.9 Å². The van der Waals surface area contributed by atoms with E-state index in [2.05, 4.69) is 21.0 Å². The van der Waals surface area contributed by atoms with Gasteiger partial charge in [0.25, 0.3) is 5.56 Å². The monoisotopic (exact) mass is 604 g/mol. The van der Waals surface area contributed by atoms with E-state index in [0.29, 0.717) is 38.3 Å². The summed E-state index contributed by atoms with van der Waals surface area (Å²) >= 11 is 3.36. The van der Waals surface area contributed by atoms with E-state index in [1.807, 2.05) is 18.2 Å². The number of fused-ring (bicyclic) bond motifs is 2. The van der Waals surface area contributed by atoms with Crippen LogP contribution in [0.2, 0.25) is 0 Å². The summed E-state index contributed by atoms with van der Waals surface area (Å²) in [4.78, 5) is 29.9. The summed E-state index contributed by atoms with van der Waals surface area (Å²) in [6.45, 7) is 0.190. The van der Waals surface area contributed by atoms with Crippen molar-refractivity contribution in [1.29, 1.82) is 0 Å². The molecule has 4 aromatic rings. The fourth-order valence-corrected chi connectivity index (χ4v) is 5.64. The number of nitrogens with zero attached hydrogens (tertiary/aromatic N) is 4. The van der Waals surface area contributed by atoms with Crippen molar-refractivity contribution in [2.75, 3.05) is 6.79 Å². The quantitative estimate of drug-likeness (QED) is 0.138. The molecule has 0 unspecified atom stereocenters. The van der Waals surface area contributed by atoms with Crippen molar-refractivity contribution in [2.45, 2.75) is 44.6 Å². The van der Waals surface area contributed by atoms with Crippen molar-refractivity contribution in [3.63, 3.8) is 0 Å². The van der Waals surface area contributed by atoms with E-state index < -0.39 is 4.92 Å². The highest BCUT2D eigenvalue weighted by Gasteiger charge is 2.24. The molecule has 0 amide bonds. The van der Waals surface area contributed by atoms with Gasteiger partial charge in [0.15, 0.2) is 11.5 Å². The number of rotatable bonds is 7. The number of ether oxygens (including phenoxy) is 3. The molecule has 0 bridgehead atoms. The summed E-state index contributed by atoms with van der Waals surface area (Å²) in [6.07, 6.45) is 6.55. The Kier molecular flexibility index (Phi) is 7.21. The molecule has 1 aliphatic carbocycles. The zero-order valence-corrected chi connectivity index (χ0v) is 23.0. The van der Waals surface area contributed by atoms with Crippen LogP contribution >= 0.6 is 15.9 Å². The van der Waals surface area contributed by atoms with Gasteiger partial charge in [-0.1, -0.05) is 53.4 Å². The van der Waals surface area contributed by atoms with Crippen LogP contribution in [0.4, 0.5) is 5.69 Å². The van der Waals surface area contributed by atoms with Crippen LogP contribution in [0.5, 0.6) is 17.2 Å². The first-order chi connectivity index (χ1) is 19.5. The topological polar surface area (TPSA) is 118 Å². The average molecular weight is 605 g/mol. The van der Waals surface area contributed by atoms with Crippen LogP contribution in [0, 0.1) is 10.1 Å². The minimum atomic E-state index is -0.506. The van der Waals surface area contributed by atoms with Gasteiger partial charge in [-0.25, -0.2) is 4.98 Å². The maximum absolute atomic E-state index is 13.6. The molecule has 10 nitrogen and oxygen atoms in total. The molecule has 0 N–H and O–H groups in total. The molecule has 3 aromatic carbocycles. The van der Waals surface area contributed by atoms with Crippen LogP contribution in [0.25, 0.3) is 10.9 Å². The van der Waals surface area contributed by atoms with Gasteiger partial charge in [-0.05, 0) is 48.7 Å². The van der Waals surface area contributed by atoms with E-state index in [1.54, 1.807) is 30.3 Å². The fraction of sp³-hybridized carbons (Fsp3) is 0.276. The van der Waals surface area contributed by atoms with Crippen molar-refractivity contribution in [3.8, 4) is 17.2 Å². The third kappa shape index (κ3) is 5.16. The van der Waals surface area contributed by atoms with Crippen LogP contribution in [-0.4, -0.2) is 27.6 Å². The Morgan fingerprint density at radius 1 is 1.10 bits per heavy atom. The highest BCUT2D eigenvalue weighted by atomic mass is 79.9. The Balaban J connectivity index is 1.41. The molecule has 0 spiro atoms. The predicted octanol–water partition coefficient (Wildman–Crippen LogP) is 6.30. The summed E-state index contributed by atoms with van der Waals surface area (Å²) in [7, 11) is 0. The van der Waals surface area contributed by atoms with E-state index >= 15 is 0 Å². The van der Waals surface area contributed by atoms with Crippen LogP contribution < -0.4 is 19.8 Å². The Morgan fingerprint density at radius 3 is 2.73 bits per heavy atom. The molecule has 2 aliphatic rings. The largest absolute Gasteiger partial charge is 0.481 e. The number of benzene rings is 3. The molecule has 1 fully saturated rings. The second-order valence-corrected chi connectivity index (χ2v) is 10.7. The van der Waals surface area contributed by atoms with Gasteiger partial charge in [0.05, 0.1) is 22.0 Å². The van der Waals surface area contributed by atoms with Crippen LogP contribution in [-0.2, 0) is 6.61 Å². The molecular formula is C29H25BrN4O6. The van der Waals surface area contributed by atoms with Crippen LogP contribution in [0.3, 0.4) is 0 Å². The summed E-state index contributed by atoms with van der Waals surface area (Å²) in [5.41, 5.74) is 1.21. The molecule has 1 saturated carbocycles. The Labute approximate surface area is 237 Å². The van der Waals surface area contributed by atoms with Gasteiger partial charge in [-0.3, -0.25) is 14.9 Å². The Morgan fingerprint density at radius 2 is 1.90 bits per heavy atom. The van der Waals surface area contributed by atoms with Crippen molar-refractivity contribution in [2.24, 2.45) is 5.10 Å². The summed E-state index contributed by atoms with van der Waals surface area (Å²) in [6, 6.07) is 15.6. The van der Waals surface area contributed by atoms with Gasteiger partial charge < -0.3 is 14.2 Å². The van der Waals surface area contributed by atoms with Gasteiger partial charge in [0.2, 0.25) is 12.5 Å². The molecule has 6 rings (SSSR count). The third-order valence-electron chi connectivity index (χ3n) is 7.14. The number of hydrogen-bond donors (Lipinski definition) is 0. The lowest BCUT2D eigenvalue weighted by Crippen LogP contribution is -2.25. The standard InChI is InChI=1S/C29H25BrN4O6/c30-21-13-20(27(24(14-21)34(36)37)38-16-18-10-11-25-26(12-18)40-17-39-25)15-31-33-28(19-6-2-1-3-7-19)32-23-9-5-4-8-22(23)29(33)35/h4-5,8-15,19H,1-3,6-7,16-17H2. The SMILES string of the molecule is O=c1c2ccccc2nc(C2CCCCC2)n1N=Cc1cc(Br)cc([N+](=O)[O-])c1OCc1ccc2c(c1)OCO2. The molecule has 204 valence electrons. The smallest absolute Gasteiger partial charge is 0.312 e. The summed E-state index contributed by atoms with van der Waals surface area (Å²) < 4.78 is 18.6. The lowest BCUT2D eigenvalue weighted by atomic mass is 9.88. The number of para-hydroxylation sites is 1. The highest BCUT2D eigenvalue weighted by molar-refractivity contribution is 9.10. The lowest BCUT2D eigenvalue weighted by molar-refractivity contribution is -0.386. The number of nitro groups is 1. The van der Waals surface area contributed by atoms with Crippen LogP contribution in [0.15, 0.2) is 69.0 Å². The third-order valence-corrected chi connectivity index (χ3v) is 7.60. The predicted molar refractivity (Wildman–Crippen MR) is 153 cm³/mol. The van der Waals surface area contributed by atoms with E-state index in [1.165, 1.54) is 17.0 Å². The van der Waals surface area contributed by atoms with Gasteiger partial charge in [-0.15, -0.1) is 0 Å². The maximum Gasteiger partial charge on any atom is 0.312 e. The molecule has 0 atom stereocenters. The number of aromatic nitrogens is 2. The van der Waals surface area contributed by atoms with Gasteiger partial charge in [0, 0.05) is 22.0 Å². The zero-order chi connectivity index (χ0) is 27.6. The van der Waals surface area contributed by atoms with Gasteiger partial charge in [-0.2, -0.15) is 9.78 Å². The molecule has 2 heterocycles. The van der Waals surface area contributed by atoms with Crippen molar-refractivity contribution < 1.29 is 19.1 Å². The van der Waals surface area contributed by atoms with Crippen molar-refractivity contribution >= 4 is 38.7 Å². The first-order valence-electron chi connectivity index (χ1n) is 13.0. The Hall–Kier alpha value is -4.25. The van der Waals surface area contributed by atoms with Gasteiger partial charge in [0.1, 0.15) is 12.4 Å². The number of nitro benzene ring substituents is 1. The van der Waals surface area contributed by atoms with Gasteiger partial charge >= 0.3 is 5.69 Å². The summed E-state index contributed by atoms with van der Waals surface area (Å²) in [5.74, 6) is 1.96. The average Bonchev–Trinajstić information content (AvgIpc) is 3.44. The van der Waals surface area contributed by atoms with Crippen molar-refractivity contribution in [3.05, 3.63) is 96.5 Å².